The lowest BCUT2D eigenvalue weighted by Crippen LogP contribution is -2.50. The number of fused-ring (bicyclic) bond motifs is 2. The van der Waals surface area contributed by atoms with Crippen molar-refractivity contribution >= 4 is 33.9 Å². The number of ether oxygens (including phenoxy) is 1. The average Bonchev–Trinajstić information content (AvgIpc) is 3.39. The second-order valence-electron chi connectivity index (χ2n) is 10.9. The molecule has 9 nitrogen and oxygen atoms in total. The van der Waals surface area contributed by atoms with Crippen molar-refractivity contribution in [2.45, 2.75) is 58.7 Å². The highest BCUT2D eigenvalue weighted by atomic mass is 16.6. The highest BCUT2D eigenvalue weighted by Gasteiger charge is 2.28. The number of aryl methyl sites for hydroxylation is 2. The second-order valence-corrected chi connectivity index (χ2v) is 10.9. The number of carbonyl (C=O) groups excluding carboxylic acids is 2. The first-order valence-electron chi connectivity index (χ1n) is 13.1. The fourth-order valence-corrected chi connectivity index (χ4v) is 5.35. The molecule has 1 fully saturated rings. The molecule has 1 atom stereocenters. The molecular weight excluding hydrogens is 482 g/mol. The molecule has 1 saturated heterocycles. The van der Waals surface area contributed by atoms with Gasteiger partial charge in [-0.25, -0.2) is 9.78 Å². The largest absolute Gasteiger partial charge is 0.506 e. The number of phenols is 1. The molecule has 5 rings (SSSR count). The summed E-state index contributed by atoms with van der Waals surface area (Å²) in [5.41, 5.74) is 2.98. The summed E-state index contributed by atoms with van der Waals surface area (Å²) in [5, 5.41) is 15.0. The molecule has 38 heavy (non-hydrogen) atoms. The van der Waals surface area contributed by atoms with Crippen LogP contribution in [0.3, 0.4) is 0 Å². The number of piperidine rings is 1. The Morgan fingerprint density at radius 1 is 1.18 bits per heavy atom. The van der Waals surface area contributed by atoms with Crippen LogP contribution in [0.4, 0.5) is 4.79 Å². The Hall–Kier alpha value is -4.01. The third-order valence-corrected chi connectivity index (χ3v) is 6.98. The maximum atomic E-state index is 13.5. The Balaban J connectivity index is 1.43. The molecule has 9 heteroatoms. The van der Waals surface area contributed by atoms with Crippen LogP contribution in [0.25, 0.3) is 33.5 Å². The summed E-state index contributed by atoms with van der Waals surface area (Å²) in [6.07, 6.45) is 1.04. The number of imidazole rings is 1. The molecular formula is C29H35N5O4. The van der Waals surface area contributed by atoms with Crippen LogP contribution in [0, 0.1) is 0 Å². The molecule has 0 aliphatic carbocycles. The number of benzene rings is 2. The number of hydrogen-bond donors (Lipinski definition) is 2. The SMILES string of the molecule is CCn1c(-c2nc3cc(C(=O)N4CCC[C@@H](NC(=O)OC(C)(C)C)C4)cc(O)c3n2C)cc2ccccc21. The fraction of sp³-hybridized carbons (Fsp3) is 0.414. The zero-order valence-corrected chi connectivity index (χ0v) is 22.6. The summed E-state index contributed by atoms with van der Waals surface area (Å²) in [6.45, 7) is 9.27. The van der Waals surface area contributed by atoms with Gasteiger partial charge in [0.1, 0.15) is 16.9 Å². The second kappa shape index (κ2) is 9.70. The third kappa shape index (κ3) is 4.80. The average molecular weight is 518 g/mol. The van der Waals surface area contributed by atoms with Gasteiger partial charge in [-0.2, -0.15) is 0 Å². The Morgan fingerprint density at radius 3 is 2.68 bits per heavy atom. The predicted molar refractivity (Wildman–Crippen MR) is 147 cm³/mol. The van der Waals surface area contributed by atoms with Crippen molar-refractivity contribution in [2.75, 3.05) is 13.1 Å². The standard InChI is InChI=1S/C29H35N5O4/c1-6-34-22-12-8-7-10-18(22)15-23(34)26-31-21-14-19(16-24(35)25(21)32(26)5)27(36)33-13-9-11-20(17-33)30-28(37)38-29(2,3)4/h7-8,10,12,14-16,20,35H,6,9,11,13,17H2,1-5H3,(H,30,37)/t20-/m1/s1. The van der Waals surface area contributed by atoms with E-state index in [4.69, 9.17) is 9.72 Å². The molecule has 0 bridgehead atoms. The van der Waals surface area contributed by atoms with Gasteiger partial charge in [0.05, 0.1) is 11.2 Å². The maximum absolute atomic E-state index is 13.5. The van der Waals surface area contributed by atoms with Gasteiger partial charge in [-0.3, -0.25) is 4.79 Å². The first kappa shape index (κ1) is 25.6. The molecule has 0 saturated carbocycles. The number of carbonyl (C=O) groups is 2. The van der Waals surface area contributed by atoms with Crippen molar-refractivity contribution in [2.24, 2.45) is 7.05 Å². The summed E-state index contributed by atoms with van der Waals surface area (Å²) in [4.78, 5) is 32.3. The van der Waals surface area contributed by atoms with Gasteiger partial charge in [-0.1, -0.05) is 18.2 Å². The van der Waals surface area contributed by atoms with Crippen LogP contribution >= 0.6 is 0 Å². The number of likely N-dealkylation sites (tertiary alicyclic amines) is 1. The molecule has 0 radical (unpaired) electrons. The van der Waals surface area contributed by atoms with E-state index in [1.807, 2.05) is 44.5 Å². The monoisotopic (exact) mass is 517 g/mol. The van der Waals surface area contributed by atoms with Gasteiger partial charge in [0, 0.05) is 49.2 Å². The predicted octanol–water partition coefficient (Wildman–Crippen LogP) is 5.05. The van der Waals surface area contributed by atoms with E-state index in [1.165, 1.54) is 6.07 Å². The number of nitrogens with zero attached hydrogens (tertiary/aromatic N) is 4. The van der Waals surface area contributed by atoms with E-state index in [0.29, 0.717) is 29.7 Å². The topological polar surface area (TPSA) is 102 Å². The van der Waals surface area contributed by atoms with E-state index in [9.17, 15) is 14.7 Å². The molecule has 2 aromatic heterocycles. The van der Waals surface area contributed by atoms with Crippen LogP contribution < -0.4 is 5.32 Å². The van der Waals surface area contributed by atoms with E-state index in [1.54, 1.807) is 11.0 Å². The van der Waals surface area contributed by atoms with Crippen molar-refractivity contribution < 1.29 is 19.4 Å². The van der Waals surface area contributed by atoms with E-state index >= 15 is 0 Å². The minimum atomic E-state index is -0.589. The molecule has 2 aromatic carbocycles. The van der Waals surface area contributed by atoms with Crippen molar-refractivity contribution in [3.05, 3.63) is 48.0 Å². The Bertz CT molecular complexity index is 1530. The van der Waals surface area contributed by atoms with Crippen molar-refractivity contribution in [3.8, 4) is 17.3 Å². The number of alkyl carbamates (subject to hydrolysis) is 1. The molecule has 4 aromatic rings. The minimum absolute atomic E-state index is 0.00620. The van der Waals surface area contributed by atoms with Gasteiger partial charge >= 0.3 is 6.09 Å². The number of nitrogens with one attached hydrogen (secondary N) is 1. The molecule has 2 N–H and O–H groups in total. The summed E-state index contributed by atoms with van der Waals surface area (Å²) >= 11 is 0. The quantitative estimate of drug-likeness (QED) is 0.395. The Labute approximate surface area is 222 Å². The van der Waals surface area contributed by atoms with Crippen molar-refractivity contribution in [1.82, 2.24) is 24.3 Å². The first-order chi connectivity index (χ1) is 18.1. The highest BCUT2D eigenvalue weighted by Crippen LogP contribution is 2.34. The fourth-order valence-electron chi connectivity index (χ4n) is 5.35. The van der Waals surface area contributed by atoms with Gasteiger partial charge in [-0.05, 0) is 64.8 Å². The molecule has 0 spiro atoms. The number of rotatable bonds is 4. The number of phenolic OH excluding ortho intramolecular Hbond substituents is 1. The van der Waals surface area contributed by atoms with Crippen LogP contribution in [0.15, 0.2) is 42.5 Å². The lowest BCUT2D eigenvalue weighted by molar-refractivity contribution is 0.0452. The number of para-hydroxylation sites is 1. The first-order valence-corrected chi connectivity index (χ1v) is 13.1. The maximum Gasteiger partial charge on any atom is 0.407 e. The van der Waals surface area contributed by atoms with Crippen LogP contribution in [-0.2, 0) is 18.3 Å². The van der Waals surface area contributed by atoms with Gasteiger partial charge in [0.2, 0.25) is 0 Å². The number of aromatic hydroxyl groups is 1. The normalized spacial score (nSPS) is 16.2. The molecule has 2 amide bonds. The van der Waals surface area contributed by atoms with Gasteiger partial charge < -0.3 is 29.2 Å². The Kier molecular flexibility index (Phi) is 6.54. The lowest BCUT2D eigenvalue weighted by atomic mass is 10.0. The van der Waals surface area contributed by atoms with Crippen LogP contribution in [0.5, 0.6) is 5.75 Å². The van der Waals surface area contributed by atoms with E-state index < -0.39 is 11.7 Å². The summed E-state index contributed by atoms with van der Waals surface area (Å²) < 4.78 is 9.45. The third-order valence-electron chi connectivity index (χ3n) is 6.98. The molecule has 0 unspecified atom stereocenters. The zero-order valence-electron chi connectivity index (χ0n) is 22.6. The lowest BCUT2D eigenvalue weighted by Gasteiger charge is -2.33. The summed E-state index contributed by atoms with van der Waals surface area (Å²) in [7, 11) is 1.88. The number of amides is 2. The number of hydrogen-bond acceptors (Lipinski definition) is 5. The Morgan fingerprint density at radius 2 is 1.95 bits per heavy atom. The minimum Gasteiger partial charge on any atom is -0.506 e. The van der Waals surface area contributed by atoms with Gasteiger partial charge in [0.25, 0.3) is 5.91 Å². The van der Waals surface area contributed by atoms with Crippen LogP contribution in [0.2, 0.25) is 0 Å². The molecule has 1 aliphatic heterocycles. The van der Waals surface area contributed by atoms with E-state index in [2.05, 4.69) is 35.0 Å². The summed E-state index contributed by atoms with van der Waals surface area (Å²) in [5.74, 6) is 0.525. The van der Waals surface area contributed by atoms with E-state index in [0.717, 1.165) is 41.8 Å². The summed E-state index contributed by atoms with van der Waals surface area (Å²) in [6, 6.07) is 13.4. The van der Waals surface area contributed by atoms with Gasteiger partial charge in [0.15, 0.2) is 5.82 Å². The molecule has 1 aliphatic rings. The van der Waals surface area contributed by atoms with Crippen LogP contribution in [-0.4, -0.2) is 60.9 Å². The zero-order chi connectivity index (χ0) is 27.2. The van der Waals surface area contributed by atoms with E-state index in [-0.39, 0.29) is 17.7 Å². The van der Waals surface area contributed by atoms with Gasteiger partial charge in [-0.15, -0.1) is 0 Å². The highest BCUT2D eigenvalue weighted by molar-refractivity contribution is 6.00. The van der Waals surface area contributed by atoms with Crippen molar-refractivity contribution in [1.29, 1.82) is 0 Å². The molecule has 3 heterocycles. The van der Waals surface area contributed by atoms with Crippen molar-refractivity contribution in [3.63, 3.8) is 0 Å². The smallest absolute Gasteiger partial charge is 0.407 e. The number of aromatic nitrogens is 3. The molecule has 200 valence electrons. The van der Waals surface area contributed by atoms with Crippen LogP contribution in [0.1, 0.15) is 50.9 Å².